The first kappa shape index (κ1) is 17.7. The maximum atomic E-state index is 12.7. The molecule has 1 heterocycles. The van der Waals surface area contributed by atoms with Crippen LogP contribution in [-0.4, -0.2) is 44.9 Å². The smallest absolute Gasteiger partial charge is 0.226 e. The van der Waals surface area contributed by atoms with Gasteiger partial charge in [-0.2, -0.15) is 5.10 Å². The molecule has 0 radical (unpaired) electrons. The lowest BCUT2D eigenvalue weighted by Crippen LogP contribution is -2.42. The van der Waals surface area contributed by atoms with Gasteiger partial charge in [-0.15, -0.1) is 0 Å². The van der Waals surface area contributed by atoms with E-state index in [1.807, 2.05) is 48.9 Å². The fraction of sp³-hybridized carbons (Fsp3) is 0.500. The van der Waals surface area contributed by atoms with E-state index >= 15 is 0 Å². The molecule has 0 bridgehead atoms. The lowest BCUT2D eigenvalue weighted by Gasteiger charge is -2.28. The Morgan fingerprint density at radius 2 is 1.88 bits per heavy atom. The summed E-state index contributed by atoms with van der Waals surface area (Å²) in [5, 5.41) is 15.1. The van der Waals surface area contributed by atoms with E-state index in [0.717, 1.165) is 48.3 Å². The Labute approximate surface area is 149 Å². The van der Waals surface area contributed by atoms with Crippen LogP contribution in [0.3, 0.4) is 0 Å². The van der Waals surface area contributed by atoms with Gasteiger partial charge in [0, 0.05) is 24.8 Å². The number of para-hydroxylation sites is 1. The number of nitrogens with zero attached hydrogens (tertiary/aromatic N) is 3. The summed E-state index contributed by atoms with van der Waals surface area (Å²) in [6.45, 7) is 4.36. The zero-order valence-corrected chi connectivity index (χ0v) is 15.3. The Morgan fingerprint density at radius 1 is 1.24 bits per heavy atom. The van der Waals surface area contributed by atoms with Gasteiger partial charge in [-0.25, -0.2) is 4.68 Å². The second-order valence-electron chi connectivity index (χ2n) is 7.25. The molecule has 134 valence electrons. The van der Waals surface area contributed by atoms with Crippen LogP contribution in [0.1, 0.15) is 42.6 Å². The topological polar surface area (TPSA) is 58.4 Å². The van der Waals surface area contributed by atoms with Crippen molar-refractivity contribution < 1.29 is 9.90 Å². The molecule has 1 aliphatic rings. The average molecular weight is 341 g/mol. The molecule has 0 atom stereocenters. The number of likely N-dealkylation sites (N-methyl/N-ethyl adjacent to an activating group) is 1. The number of rotatable bonds is 5. The van der Waals surface area contributed by atoms with Crippen LogP contribution in [0, 0.1) is 13.8 Å². The summed E-state index contributed by atoms with van der Waals surface area (Å²) < 4.78 is 1.89. The van der Waals surface area contributed by atoms with Gasteiger partial charge in [-0.1, -0.05) is 31.0 Å². The molecule has 0 spiro atoms. The van der Waals surface area contributed by atoms with Crippen LogP contribution >= 0.6 is 0 Å². The largest absolute Gasteiger partial charge is 0.388 e. The van der Waals surface area contributed by atoms with Crippen LogP contribution in [0.2, 0.25) is 0 Å². The van der Waals surface area contributed by atoms with Gasteiger partial charge >= 0.3 is 0 Å². The van der Waals surface area contributed by atoms with E-state index in [4.69, 9.17) is 0 Å². The zero-order chi connectivity index (χ0) is 18.0. The molecule has 3 rings (SSSR count). The van der Waals surface area contributed by atoms with Gasteiger partial charge < -0.3 is 10.0 Å². The second-order valence-corrected chi connectivity index (χ2v) is 7.25. The molecule has 25 heavy (non-hydrogen) atoms. The van der Waals surface area contributed by atoms with Crippen LogP contribution in [0.15, 0.2) is 30.3 Å². The maximum Gasteiger partial charge on any atom is 0.226 e. The summed E-state index contributed by atoms with van der Waals surface area (Å²) >= 11 is 0. The standard InChI is InChI=1S/C20H27N3O2/c1-15-18(16(2)23(21-15)17-9-5-4-6-10-17)13-19(24)22(3)14-20(25)11-7-8-12-20/h4-6,9-10,25H,7-8,11-14H2,1-3H3. The molecule has 1 amide bonds. The molecule has 0 unspecified atom stereocenters. The highest BCUT2D eigenvalue weighted by molar-refractivity contribution is 5.79. The molecule has 1 aromatic carbocycles. The molecule has 0 aliphatic heterocycles. The third-order valence-electron chi connectivity index (χ3n) is 5.26. The molecule has 5 nitrogen and oxygen atoms in total. The van der Waals surface area contributed by atoms with Gasteiger partial charge in [0.2, 0.25) is 5.91 Å². The predicted molar refractivity (Wildman–Crippen MR) is 97.8 cm³/mol. The van der Waals surface area contributed by atoms with Gasteiger partial charge in [-0.3, -0.25) is 4.79 Å². The van der Waals surface area contributed by atoms with Crippen molar-refractivity contribution >= 4 is 5.91 Å². The quantitative estimate of drug-likeness (QED) is 0.910. The van der Waals surface area contributed by atoms with Crippen molar-refractivity contribution in [1.29, 1.82) is 0 Å². The Morgan fingerprint density at radius 3 is 2.52 bits per heavy atom. The Hall–Kier alpha value is -2.14. The van der Waals surface area contributed by atoms with E-state index in [1.165, 1.54) is 0 Å². The van der Waals surface area contributed by atoms with Crippen LogP contribution in [0.25, 0.3) is 5.69 Å². The summed E-state index contributed by atoms with van der Waals surface area (Å²) in [6, 6.07) is 9.95. The zero-order valence-electron chi connectivity index (χ0n) is 15.3. The number of amides is 1. The number of aliphatic hydroxyl groups is 1. The number of hydrogen-bond donors (Lipinski definition) is 1. The van der Waals surface area contributed by atoms with Crippen molar-refractivity contribution in [3.05, 3.63) is 47.3 Å². The number of carbonyl (C=O) groups is 1. The minimum absolute atomic E-state index is 0.0270. The van der Waals surface area contributed by atoms with E-state index in [9.17, 15) is 9.90 Å². The van der Waals surface area contributed by atoms with Crippen LogP contribution in [0.4, 0.5) is 0 Å². The number of aromatic nitrogens is 2. The fourth-order valence-corrected chi connectivity index (χ4v) is 3.76. The van der Waals surface area contributed by atoms with Crippen LogP contribution in [-0.2, 0) is 11.2 Å². The molecular weight excluding hydrogens is 314 g/mol. The highest BCUT2D eigenvalue weighted by atomic mass is 16.3. The molecule has 2 aromatic rings. The highest BCUT2D eigenvalue weighted by Gasteiger charge is 2.33. The number of aryl methyl sites for hydroxylation is 1. The van der Waals surface area contributed by atoms with E-state index in [-0.39, 0.29) is 5.91 Å². The fourth-order valence-electron chi connectivity index (χ4n) is 3.76. The van der Waals surface area contributed by atoms with E-state index < -0.39 is 5.60 Å². The Balaban J connectivity index is 1.74. The predicted octanol–water partition coefficient (Wildman–Crippen LogP) is 2.80. The number of hydrogen-bond acceptors (Lipinski definition) is 3. The van der Waals surface area contributed by atoms with Gasteiger partial charge in [0.15, 0.2) is 0 Å². The summed E-state index contributed by atoms with van der Waals surface area (Å²) in [6.07, 6.45) is 3.97. The lowest BCUT2D eigenvalue weighted by molar-refractivity contribution is -0.132. The molecule has 1 fully saturated rings. The van der Waals surface area contributed by atoms with Gasteiger partial charge in [0.1, 0.15) is 0 Å². The lowest BCUT2D eigenvalue weighted by atomic mass is 10.0. The highest BCUT2D eigenvalue weighted by Crippen LogP contribution is 2.30. The Bertz CT molecular complexity index is 746. The van der Waals surface area contributed by atoms with E-state index in [0.29, 0.717) is 13.0 Å². The third-order valence-corrected chi connectivity index (χ3v) is 5.26. The SMILES string of the molecule is Cc1nn(-c2ccccc2)c(C)c1CC(=O)N(C)CC1(O)CCCC1. The second kappa shape index (κ2) is 7.00. The van der Waals surface area contributed by atoms with Crippen LogP contribution in [0.5, 0.6) is 0 Å². The average Bonchev–Trinajstić information content (AvgIpc) is 3.14. The van der Waals surface area contributed by atoms with Gasteiger partial charge in [0.25, 0.3) is 0 Å². The molecule has 5 heteroatoms. The first-order valence-electron chi connectivity index (χ1n) is 8.96. The van der Waals surface area contributed by atoms with Gasteiger partial charge in [-0.05, 0) is 38.8 Å². The molecule has 1 aliphatic carbocycles. The summed E-state index contributed by atoms with van der Waals surface area (Å²) in [5.41, 5.74) is 3.13. The first-order valence-corrected chi connectivity index (χ1v) is 8.96. The molecule has 0 saturated heterocycles. The van der Waals surface area contributed by atoms with Crippen LogP contribution < -0.4 is 0 Å². The van der Waals surface area contributed by atoms with Crippen molar-refractivity contribution in [3.8, 4) is 5.69 Å². The van der Waals surface area contributed by atoms with E-state index in [2.05, 4.69) is 5.10 Å². The van der Waals surface area contributed by atoms with E-state index in [1.54, 1.807) is 11.9 Å². The Kier molecular flexibility index (Phi) is 4.95. The van der Waals surface area contributed by atoms with Crippen molar-refractivity contribution in [2.24, 2.45) is 0 Å². The molecule has 1 N–H and O–H groups in total. The maximum absolute atomic E-state index is 12.7. The molecule has 1 aromatic heterocycles. The number of carbonyl (C=O) groups excluding carboxylic acids is 1. The molecule has 1 saturated carbocycles. The van der Waals surface area contributed by atoms with Crippen molar-refractivity contribution in [1.82, 2.24) is 14.7 Å². The third kappa shape index (κ3) is 3.76. The van der Waals surface area contributed by atoms with Gasteiger partial charge in [0.05, 0.1) is 23.4 Å². The van der Waals surface area contributed by atoms with Crippen molar-refractivity contribution in [2.45, 2.75) is 51.6 Å². The number of benzene rings is 1. The summed E-state index contributed by atoms with van der Waals surface area (Å²) in [7, 11) is 1.78. The van der Waals surface area contributed by atoms with Crippen molar-refractivity contribution in [2.75, 3.05) is 13.6 Å². The first-order chi connectivity index (χ1) is 11.9. The normalized spacial score (nSPS) is 16.2. The molecular formula is C20H27N3O2. The monoisotopic (exact) mass is 341 g/mol. The van der Waals surface area contributed by atoms with Crippen molar-refractivity contribution in [3.63, 3.8) is 0 Å². The minimum atomic E-state index is -0.706. The summed E-state index contributed by atoms with van der Waals surface area (Å²) in [4.78, 5) is 14.3. The summed E-state index contributed by atoms with van der Waals surface area (Å²) in [5.74, 6) is 0.0270. The minimum Gasteiger partial charge on any atom is -0.388 e.